The van der Waals surface area contributed by atoms with Gasteiger partial charge in [0.1, 0.15) is 11.5 Å². The minimum atomic E-state index is -0.357. The Balaban J connectivity index is 2.13. The van der Waals surface area contributed by atoms with Crippen molar-refractivity contribution in [2.75, 3.05) is 14.2 Å². The molecule has 0 saturated carbocycles. The van der Waals surface area contributed by atoms with Crippen molar-refractivity contribution in [2.24, 2.45) is 5.10 Å². The summed E-state index contributed by atoms with van der Waals surface area (Å²) >= 11 is 3.33. The van der Waals surface area contributed by atoms with Crippen molar-refractivity contribution in [1.82, 2.24) is 5.43 Å². The second kappa shape index (κ2) is 7.61. The van der Waals surface area contributed by atoms with Gasteiger partial charge in [0.05, 0.1) is 26.0 Å². The summed E-state index contributed by atoms with van der Waals surface area (Å²) in [7, 11) is 3.09. The molecule has 0 aliphatic heterocycles. The molecule has 2 aromatic carbocycles. The number of carbonyl (C=O) groups excluding carboxylic acids is 1. The highest BCUT2D eigenvalue weighted by atomic mass is 79.9. The Bertz CT molecular complexity index is 702. The molecule has 1 N–H and O–H groups in total. The third-order valence-electron chi connectivity index (χ3n) is 2.91. The topological polar surface area (TPSA) is 59.9 Å². The van der Waals surface area contributed by atoms with Crippen molar-refractivity contribution in [3.63, 3.8) is 0 Å². The van der Waals surface area contributed by atoms with Gasteiger partial charge >= 0.3 is 0 Å². The second-order valence-corrected chi connectivity index (χ2v) is 5.20. The number of hydrogen-bond donors (Lipinski definition) is 1. The Kier molecular flexibility index (Phi) is 5.55. The van der Waals surface area contributed by atoms with Gasteiger partial charge in [-0.1, -0.05) is 28.1 Å². The van der Waals surface area contributed by atoms with E-state index in [1.165, 1.54) is 13.3 Å². The summed E-state index contributed by atoms with van der Waals surface area (Å²) in [5.41, 5.74) is 3.64. The molecule has 6 heteroatoms. The van der Waals surface area contributed by atoms with Gasteiger partial charge in [-0.15, -0.1) is 0 Å². The number of para-hydroxylation sites is 1. The molecule has 0 heterocycles. The van der Waals surface area contributed by atoms with E-state index >= 15 is 0 Å². The van der Waals surface area contributed by atoms with Crippen LogP contribution in [0.1, 0.15) is 15.9 Å². The maximum absolute atomic E-state index is 12.2. The number of rotatable bonds is 5. The molecule has 0 fully saturated rings. The SMILES string of the molecule is COc1ccccc1/C=N\NC(=O)c1cc(Br)ccc1OC. The molecule has 0 unspecified atom stereocenters. The minimum absolute atomic E-state index is 0.357. The molecule has 0 saturated heterocycles. The normalized spacial score (nSPS) is 10.5. The lowest BCUT2D eigenvalue weighted by Gasteiger charge is -2.07. The third kappa shape index (κ3) is 3.85. The molecule has 0 aromatic heterocycles. The zero-order valence-electron chi connectivity index (χ0n) is 12.2. The van der Waals surface area contributed by atoms with E-state index in [1.807, 2.05) is 24.3 Å². The molecular weight excluding hydrogens is 348 g/mol. The van der Waals surface area contributed by atoms with E-state index in [1.54, 1.807) is 25.3 Å². The van der Waals surface area contributed by atoms with Gasteiger partial charge in [-0.25, -0.2) is 5.43 Å². The van der Waals surface area contributed by atoms with Crippen LogP contribution >= 0.6 is 15.9 Å². The van der Waals surface area contributed by atoms with Gasteiger partial charge in [-0.2, -0.15) is 5.10 Å². The number of carbonyl (C=O) groups is 1. The van der Waals surface area contributed by atoms with Crippen LogP contribution in [0.5, 0.6) is 11.5 Å². The van der Waals surface area contributed by atoms with Gasteiger partial charge in [0.25, 0.3) is 5.91 Å². The predicted octanol–water partition coefficient (Wildman–Crippen LogP) is 3.23. The van der Waals surface area contributed by atoms with Crippen LogP contribution in [0.2, 0.25) is 0 Å². The third-order valence-corrected chi connectivity index (χ3v) is 3.41. The molecule has 0 spiro atoms. The maximum Gasteiger partial charge on any atom is 0.275 e. The summed E-state index contributed by atoms with van der Waals surface area (Å²) in [4.78, 5) is 12.2. The Hall–Kier alpha value is -2.34. The largest absolute Gasteiger partial charge is 0.496 e. The first-order valence-electron chi connectivity index (χ1n) is 6.45. The summed E-state index contributed by atoms with van der Waals surface area (Å²) in [6.07, 6.45) is 1.53. The number of amides is 1. The van der Waals surface area contributed by atoms with Crippen molar-refractivity contribution >= 4 is 28.1 Å². The molecule has 0 bridgehead atoms. The van der Waals surface area contributed by atoms with E-state index in [9.17, 15) is 4.79 Å². The zero-order chi connectivity index (χ0) is 15.9. The number of methoxy groups -OCH3 is 2. The molecule has 0 atom stereocenters. The van der Waals surface area contributed by atoms with Crippen LogP contribution in [0, 0.1) is 0 Å². The lowest BCUT2D eigenvalue weighted by atomic mass is 10.2. The van der Waals surface area contributed by atoms with Gasteiger partial charge in [-0.05, 0) is 30.3 Å². The maximum atomic E-state index is 12.2. The second-order valence-electron chi connectivity index (χ2n) is 4.29. The van der Waals surface area contributed by atoms with E-state index in [-0.39, 0.29) is 5.91 Å². The first-order chi connectivity index (χ1) is 10.7. The van der Waals surface area contributed by atoms with E-state index in [0.29, 0.717) is 17.1 Å². The highest BCUT2D eigenvalue weighted by Crippen LogP contribution is 2.22. The fourth-order valence-corrected chi connectivity index (χ4v) is 2.21. The molecule has 114 valence electrons. The van der Waals surface area contributed by atoms with Gasteiger partial charge in [-0.3, -0.25) is 4.79 Å². The van der Waals surface area contributed by atoms with Gasteiger partial charge in [0.15, 0.2) is 0 Å². The standard InChI is InChI=1S/C16H15BrN2O3/c1-21-14-6-4-3-5-11(14)10-18-19-16(20)13-9-12(17)7-8-15(13)22-2/h3-10H,1-2H3,(H,19,20)/b18-10-. The lowest BCUT2D eigenvalue weighted by molar-refractivity contribution is 0.0952. The highest BCUT2D eigenvalue weighted by molar-refractivity contribution is 9.10. The number of benzene rings is 2. The fraction of sp³-hybridized carbons (Fsp3) is 0.125. The number of ether oxygens (including phenoxy) is 2. The molecule has 0 aliphatic carbocycles. The number of nitrogens with one attached hydrogen (secondary N) is 1. The Labute approximate surface area is 137 Å². The molecule has 1 amide bonds. The van der Waals surface area contributed by atoms with Crippen LogP contribution in [-0.4, -0.2) is 26.3 Å². The first-order valence-corrected chi connectivity index (χ1v) is 7.25. The van der Waals surface area contributed by atoms with Crippen molar-refractivity contribution in [2.45, 2.75) is 0 Å². The summed E-state index contributed by atoms with van der Waals surface area (Å²) in [5.74, 6) is 0.804. The van der Waals surface area contributed by atoms with E-state index in [4.69, 9.17) is 9.47 Å². The smallest absolute Gasteiger partial charge is 0.275 e. The molecular formula is C16H15BrN2O3. The Morgan fingerprint density at radius 3 is 2.59 bits per heavy atom. The van der Waals surface area contributed by atoms with E-state index in [0.717, 1.165) is 10.0 Å². The zero-order valence-corrected chi connectivity index (χ0v) is 13.8. The van der Waals surface area contributed by atoms with Crippen LogP contribution in [-0.2, 0) is 0 Å². The number of halogens is 1. The van der Waals surface area contributed by atoms with Crippen molar-refractivity contribution < 1.29 is 14.3 Å². The predicted molar refractivity (Wildman–Crippen MR) is 88.7 cm³/mol. The van der Waals surface area contributed by atoms with Crippen LogP contribution in [0.3, 0.4) is 0 Å². The van der Waals surface area contributed by atoms with Gasteiger partial charge < -0.3 is 9.47 Å². The van der Waals surface area contributed by atoms with E-state index < -0.39 is 0 Å². The van der Waals surface area contributed by atoms with Crippen LogP contribution < -0.4 is 14.9 Å². The van der Waals surface area contributed by atoms with Crippen LogP contribution in [0.4, 0.5) is 0 Å². The van der Waals surface area contributed by atoms with Gasteiger partial charge in [0, 0.05) is 10.0 Å². The van der Waals surface area contributed by atoms with Crippen molar-refractivity contribution in [3.05, 3.63) is 58.1 Å². The molecule has 5 nitrogen and oxygen atoms in total. The van der Waals surface area contributed by atoms with Crippen LogP contribution in [0.25, 0.3) is 0 Å². The number of nitrogens with zero attached hydrogens (tertiary/aromatic N) is 1. The quantitative estimate of drug-likeness (QED) is 0.656. The molecule has 22 heavy (non-hydrogen) atoms. The summed E-state index contributed by atoms with van der Waals surface area (Å²) in [5, 5.41) is 3.96. The minimum Gasteiger partial charge on any atom is -0.496 e. The Morgan fingerprint density at radius 2 is 1.86 bits per heavy atom. The average Bonchev–Trinajstić information content (AvgIpc) is 2.55. The van der Waals surface area contributed by atoms with Crippen molar-refractivity contribution in [3.8, 4) is 11.5 Å². The van der Waals surface area contributed by atoms with Crippen LogP contribution in [0.15, 0.2) is 52.0 Å². The highest BCUT2D eigenvalue weighted by Gasteiger charge is 2.12. The summed E-state index contributed by atoms with van der Waals surface area (Å²) < 4.78 is 11.2. The molecule has 2 aromatic rings. The molecule has 2 rings (SSSR count). The molecule has 0 aliphatic rings. The number of hydrogen-bond acceptors (Lipinski definition) is 4. The first kappa shape index (κ1) is 16.0. The van der Waals surface area contributed by atoms with E-state index in [2.05, 4.69) is 26.5 Å². The number of hydrazone groups is 1. The van der Waals surface area contributed by atoms with Gasteiger partial charge in [0.2, 0.25) is 0 Å². The summed E-state index contributed by atoms with van der Waals surface area (Å²) in [6.45, 7) is 0. The Morgan fingerprint density at radius 1 is 1.14 bits per heavy atom. The average molecular weight is 363 g/mol. The monoisotopic (exact) mass is 362 g/mol. The fourth-order valence-electron chi connectivity index (χ4n) is 1.85. The molecule has 0 radical (unpaired) electrons. The summed E-state index contributed by atoms with van der Waals surface area (Å²) in [6, 6.07) is 12.6. The van der Waals surface area contributed by atoms with Crippen molar-refractivity contribution in [1.29, 1.82) is 0 Å². The lowest BCUT2D eigenvalue weighted by Crippen LogP contribution is -2.18.